The quantitative estimate of drug-likeness (QED) is 0.773. The van der Waals surface area contributed by atoms with Crippen LogP contribution in [-0.2, 0) is 13.0 Å². The van der Waals surface area contributed by atoms with E-state index in [0.29, 0.717) is 12.2 Å². The summed E-state index contributed by atoms with van der Waals surface area (Å²) >= 11 is 1.66. The Labute approximate surface area is 110 Å². The highest BCUT2D eigenvalue weighted by Gasteiger charge is 2.02. The van der Waals surface area contributed by atoms with E-state index in [1.807, 2.05) is 17.5 Å². The third-order valence-electron chi connectivity index (χ3n) is 2.55. The van der Waals surface area contributed by atoms with Crippen molar-refractivity contribution < 1.29 is 9.53 Å². The molecule has 1 aromatic heterocycles. The van der Waals surface area contributed by atoms with E-state index in [2.05, 4.69) is 11.9 Å². The van der Waals surface area contributed by atoms with Gasteiger partial charge in [-0.05, 0) is 37.6 Å². The molecule has 3 nitrogen and oxygen atoms in total. The molecule has 94 valence electrons. The molecule has 0 aliphatic heterocycles. The number of rotatable bonds is 5. The Hall–Kier alpha value is -1.68. The fourth-order valence-corrected chi connectivity index (χ4v) is 2.25. The van der Waals surface area contributed by atoms with Gasteiger partial charge in [-0.1, -0.05) is 6.92 Å². The molecular formula is C14H15NO2S. The molecule has 0 N–H and O–H groups in total. The summed E-state index contributed by atoms with van der Waals surface area (Å²) in [6, 6.07) is 7.17. The number of thiazole rings is 1. The summed E-state index contributed by atoms with van der Waals surface area (Å²) in [5.41, 5.74) is 1.65. The number of hydrogen-bond donors (Lipinski definition) is 0. The fraction of sp³-hybridized carbons (Fsp3) is 0.286. The van der Waals surface area contributed by atoms with Crippen LogP contribution in [0.25, 0.3) is 0 Å². The predicted molar refractivity (Wildman–Crippen MR) is 72.3 cm³/mol. The van der Waals surface area contributed by atoms with Gasteiger partial charge in [0.05, 0.1) is 10.7 Å². The van der Waals surface area contributed by atoms with Crippen LogP contribution in [0.1, 0.15) is 34.9 Å². The SMILES string of the molecule is CCc1nc(COc2ccc(C(C)=O)cc2)cs1. The minimum Gasteiger partial charge on any atom is -0.487 e. The monoisotopic (exact) mass is 261 g/mol. The van der Waals surface area contributed by atoms with Gasteiger partial charge >= 0.3 is 0 Å². The molecule has 2 rings (SSSR count). The maximum Gasteiger partial charge on any atom is 0.159 e. The number of carbonyl (C=O) groups is 1. The summed E-state index contributed by atoms with van der Waals surface area (Å²) in [6.07, 6.45) is 0.956. The Morgan fingerprint density at radius 3 is 2.61 bits per heavy atom. The second-order valence-corrected chi connectivity index (χ2v) is 4.90. The van der Waals surface area contributed by atoms with Gasteiger partial charge in [0.1, 0.15) is 12.4 Å². The molecule has 0 fully saturated rings. The van der Waals surface area contributed by atoms with Crippen molar-refractivity contribution >= 4 is 17.1 Å². The Kier molecular flexibility index (Phi) is 4.10. The van der Waals surface area contributed by atoms with E-state index in [9.17, 15) is 4.79 Å². The lowest BCUT2D eigenvalue weighted by atomic mass is 10.1. The van der Waals surface area contributed by atoms with Gasteiger partial charge < -0.3 is 4.74 Å². The Morgan fingerprint density at radius 1 is 1.33 bits per heavy atom. The van der Waals surface area contributed by atoms with Crippen LogP contribution < -0.4 is 4.74 Å². The number of aromatic nitrogens is 1. The van der Waals surface area contributed by atoms with Gasteiger partial charge in [0.25, 0.3) is 0 Å². The molecule has 0 aliphatic rings. The van der Waals surface area contributed by atoms with Crippen LogP contribution in [0.2, 0.25) is 0 Å². The minimum atomic E-state index is 0.0636. The molecule has 0 bridgehead atoms. The van der Waals surface area contributed by atoms with Crippen molar-refractivity contribution in [2.24, 2.45) is 0 Å². The largest absolute Gasteiger partial charge is 0.487 e. The lowest BCUT2D eigenvalue weighted by molar-refractivity contribution is 0.101. The molecule has 1 heterocycles. The lowest BCUT2D eigenvalue weighted by Gasteiger charge is -2.04. The standard InChI is InChI=1S/C14H15NO2S/c1-3-14-15-12(9-18-14)8-17-13-6-4-11(5-7-13)10(2)16/h4-7,9H,3,8H2,1-2H3. The third-order valence-corrected chi connectivity index (χ3v) is 3.59. The molecule has 0 atom stereocenters. The van der Waals surface area contributed by atoms with Crippen LogP contribution >= 0.6 is 11.3 Å². The molecule has 0 radical (unpaired) electrons. The second kappa shape index (κ2) is 5.78. The zero-order valence-corrected chi connectivity index (χ0v) is 11.3. The first-order valence-electron chi connectivity index (χ1n) is 5.86. The molecular weight excluding hydrogens is 246 g/mol. The van der Waals surface area contributed by atoms with Gasteiger partial charge in [-0.3, -0.25) is 4.79 Å². The summed E-state index contributed by atoms with van der Waals surface area (Å²) in [7, 11) is 0. The van der Waals surface area contributed by atoms with Gasteiger partial charge in [-0.25, -0.2) is 4.98 Å². The molecule has 0 unspecified atom stereocenters. The van der Waals surface area contributed by atoms with E-state index in [0.717, 1.165) is 22.9 Å². The second-order valence-electron chi connectivity index (χ2n) is 3.96. The zero-order chi connectivity index (χ0) is 13.0. The van der Waals surface area contributed by atoms with E-state index < -0.39 is 0 Å². The highest BCUT2D eigenvalue weighted by atomic mass is 32.1. The number of benzene rings is 1. The zero-order valence-electron chi connectivity index (χ0n) is 10.5. The van der Waals surface area contributed by atoms with E-state index in [1.165, 1.54) is 0 Å². The van der Waals surface area contributed by atoms with Crippen molar-refractivity contribution in [1.29, 1.82) is 0 Å². The molecule has 0 aliphatic carbocycles. The first-order valence-corrected chi connectivity index (χ1v) is 6.74. The van der Waals surface area contributed by atoms with Crippen molar-refractivity contribution in [3.63, 3.8) is 0 Å². The molecule has 0 saturated heterocycles. The number of ether oxygens (including phenoxy) is 1. The van der Waals surface area contributed by atoms with Crippen LogP contribution in [-0.4, -0.2) is 10.8 Å². The van der Waals surface area contributed by atoms with Crippen LogP contribution in [0, 0.1) is 0 Å². The Morgan fingerprint density at radius 2 is 2.06 bits per heavy atom. The van der Waals surface area contributed by atoms with Crippen molar-refractivity contribution in [2.75, 3.05) is 0 Å². The first kappa shape index (κ1) is 12.8. The van der Waals surface area contributed by atoms with Crippen LogP contribution in [0.15, 0.2) is 29.6 Å². The number of hydrogen-bond acceptors (Lipinski definition) is 4. The van der Waals surface area contributed by atoms with Gasteiger partial charge in [0.15, 0.2) is 5.78 Å². The summed E-state index contributed by atoms with van der Waals surface area (Å²) in [4.78, 5) is 15.6. The van der Waals surface area contributed by atoms with Crippen LogP contribution in [0.5, 0.6) is 5.75 Å². The van der Waals surface area contributed by atoms with Gasteiger partial charge in [0.2, 0.25) is 0 Å². The Balaban J connectivity index is 1.95. The van der Waals surface area contributed by atoms with E-state index in [1.54, 1.807) is 30.4 Å². The van der Waals surface area contributed by atoms with Gasteiger partial charge in [-0.2, -0.15) is 0 Å². The van der Waals surface area contributed by atoms with Crippen molar-refractivity contribution in [3.05, 3.63) is 45.9 Å². The highest BCUT2D eigenvalue weighted by Crippen LogP contribution is 2.16. The average Bonchev–Trinajstić information content (AvgIpc) is 2.85. The first-order chi connectivity index (χ1) is 8.69. The average molecular weight is 261 g/mol. The predicted octanol–water partition coefficient (Wildman–Crippen LogP) is 3.49. The van der Waals surface area contributed by atoms with Crippen molar-refractivity contribution in [2.45, 2.75) is 26.9 Å². The Bertz CT molecular complexity index is 531. The maximum absolute atomic E-state index is 11.1. The molecule has 4 heteroatoms. The molecule has 2 aromatic rings. The molecule has 1 aromatic carbocycles. The van der Waals surface area contributed by atoms with E-state index in [-0.39, 0.29) is 5.78 Å². The van der Waals surface area contributed by atoms with Gasteiger partial charge in [-0.15, -0.1) is 11.3 Å². The smallest absolute Gasteiger partial charge is 0.159 e. The molecule has 18 heavy (non-hydrogen) atoms. The minimum absolute atomic E-state index is 0.0636. The molecule has 0 saturated carbocycles. The lowest BCUT2D eigenvalue weighted by Crippen LogP contribution is -1.97. The number of ketones is 1. The third kappa shape index (κ3) is 3.17. The number of Topliss-reactive ketones (excluding diaryl/α,β-unsaturated/α-hetero) is 1. The van der Waals surface area contributed by atoms with Crippen LogP contribution in [0.4, 0.5) is 0 Å². The summed E-state index contributed by atoms with van der Waals surface area (Å²) in [5, 5.41) is 3.14. The number of nitrogens with zero attached hydrogens (tertiary/aromatic N) is 1. The van der Waals surface area contributed by atoms with Crippen LogP contribution in [0.3, 0.4) is 0 Å². The van der Waals surface area contributed by atoms with Crippen molar-refractivity contribution in [3.8, 4) is 5.75 Å². The fourth-order valence-electron chi connectivity index (χ4n) is 1.52. The van der Waals surface area contributed by atoms with Crippen molar-refractivity contribution in [1.82, 2.24) is 4.98 Å². The van der Waals surface area contributed by atoms with E-state index in [4.69, 9.17) is 4.74 Å². The summed E-state index contributed by atoms with van der Waals surface area (Å²) in [5.74, 6) is 0.819. The maximum atomic E-state index is 11.1. The summed E-state index contributed by atoms with van der Waals surface area (Å²) in [6.45, 7) is 4.11. The highest BCUT2D eigenvalue weighted by molar-refractivity contribution is 7.09. The summed E-state index contributed by atoms with van der Waals surface area (Å²) < 4.78 is 5.62. The van der Waals surface area contributed by atoms with Gasteiger partial charge in [0, 0.05) is 10.9 Å². The topological polar surface area (TPSA) is 39.2 Å². The number of aryl methyl sites for hydroxylation is 1. The number of carbonyl (C=O) groups excluding carboxylic acids is 1. The van der Waals surface area contributed by atoms with E-state index >= 15 is 0 Å². The molecule has 0 amide bonds. The molecule has 0 spiro atoms. The normalized spacial score (nSPS) is 10.3.